The van der Waals surface area contributed by atoms with Crippen LogP contribution in [0.15, 0.2) is 42.5 Å². The highest BCUT2D eigenvalue weighted by atomic mass is 15.0. The number of fused-ring (bicyclic) bond motifs is 1. The summed E-state index contributed by atoms with van der Waals surface area (Å²) in [5.41, 5.74) is 2.08. The molecule has 0 heterocycles. The van der Waals surface area contributed by atoms with E-state index in [1.165, 1.54) is 22.8 Å². The molecule has 0 atom stereocenters. The molecule has 20 heavy (non-hydrogen) atoms. The van der Waals surface area contributed by atoms with E-state index < -0.39 is 0 Å². The molecule has 0 saturated carbocycles. The molecule has 0 spiro atoms. The summed E-state index contributed by atoms with van der Waals surface area (Å²) in [6, 6.07) is 15.3. The maximum atomic E-state index is 2.49. The summed E-state index contributed by atoms with van der Waals surface area (Å²) in [6.07, 6.45) is 1.21. The molecule has 0 aliphatic rings. The summed E-state index contributed by atoms with van der Waals surface area (Å²) in [7, 11) is 0. The molecule has 2 aromatic rings. The standard InChI is InChI=1S/C19H27N/c1-18(2,3)14-19(4,5)20-13-16-11-8-10-15-9-6-7-12-17(15)16/h6-12,20H,13-14H2,1-5H3/p+1. The molecule has 0 unspecified atom stereocenters. The van der Waals surface area contributed by atoms with Crippen LogP contribution in [-0.4, -0.2) is 5.54 Å². The van der Waals surface area contributed by atoms with Gasteiger partial charge in [-0.15, -0.1) is 0 Å². The average Bonchev–Trinajstić information content (AvgIpc) is 2.33. The van der Waals surface area contributed by atoms with Gasteiger partial charge in [-0.1, -0.05) is 63.2 Å². The SMILES string of the molecule is CC(C)(C)CC(C)(C)[NH2+]Cc1cccc2ccccc12. The van der Waals surface area contributed by atoms with Gasteiger partial charge in [0.1, 0.15) is 6.54 Å². The van der Waals surface area contributed by atoms with E-state index in [0.717, 1.165) is 6.54 Å². The van der Waals surface area contributed by atoms with E-state index >= 15 is 0 Å². The zero-order valence-electron chi connectivity index (χ0n) is 13.5. The van der Waals surface area contributed by atoms with Gasteiger partial charge in [-0.2, -0.15) is 0 Å². The van der Waals surface area contributed by atoms with Gasteiger partial charge in [0.25, 0.3) is 0 Å². The van der Waals surface area contributed by atoms with Crippen LogP contribution in [0.1, 0.15) is 46.6 Å². The quantitative estimate of drug-likeness (QED) is 0.860. The summed E-state index contributed by atoms with van der Waals surface area (Å²) in [4.78, 5) is 0. The molecular formula is C19H28N+. The maximum absolute atomic E-state index is 2.49. The Morgan fingerprint density at radius 2 is 1.50 bits per heavy atom. The smallest absolute Gasteiger partial charge is 0.102 e. The fourth-order valence-corrected chi connectivity index (χ4v) is 3.30. The first-order valence-corrected chi connectivity index (χ1v) is 7.58. The van der Waals surface area contributed by atoms with Crippen molar-refractivity contribution in [2.24, 2.45) is 5.41 Å². The Bertz CT molecular complexity index is 570. The van der Waals surface area contributed by atoms with Crippen LogP contribution in [0.5, 0.6) is 0 Å². The van der Waals surface area contributed by atoms with Crippen molar-refractivity contribution in [2.45, 2.75) is 53.1 Å². The number of hydrogen-bond acceptors (Lipinski definition) is 0. The Hall–Kier alpha value is -1.34. The van der Waals surface area contributed by atoms with Crippen molar-refractivity contribution in [1.82, 2.24) is 0 Å². The van der Waals surface area contributed by atoms with Crippen LogP contribution in [0, 0.1) is 5.41 Å². The van der Waals surface area contributed by atoms with Gasteiger partial charge >= 0.3 is 0 Å². The average molecular weight is 270 g/mol. The predicted molar refractivity (Wildman–Crippen MR) is 87.7 cm³/mol. The van der Waals surface area contributed by atoms with E-state index in [0.29, 0.717) is 5.41 Å². The minimum absolute atomic E-state index is 0.273. The number of rotatable bonds is 4. The van der Waals surface area contributed by atoms with Crippen LogP contribution >= 0.6 is 0 Å². The third kappa shape index (κ3) is 4.08. The number of nitrogens with two attached hydrogens (primary N) is 1. The molecule has 108 valence electrons. The number of quaternary nitrogens is 1. The summed E-state index contributed by atoms with van der Waals surface area (Å²) in [5, 5.41) is 5.21. The molecule has 2 rings (SSSR count). The lowest BCUT2D eigenvalue weighted by atomic mass is 9.81. The highest BCUT2D eigenvalue weighted by molar-refractivity contribution is 5.85. The molecule has 0 radical (unpaired) electrons. The van der Waals surface area contributed by atoms with Crippen molar-refractivity contribution < 1.29 is 5.32 Å². The van der Waals surface area contributed by atoms with Crippen LogP contribution in [0.4, 0.5) is 0 Å². The van der Waals surface area contributed by atoms with E-state index in [-0.39, 0.29) is 5.54 Å². The van der Waals surface area contributed by atoms with Gasteiger partial charge in [0, 0.05) is 12.0 Å². The highest BCUT2D eigenvalue weighted by Gasteiger charge is 2.28. The first-order valence-electron chi connectivity index (χ1n) is 7.58. The summed E-state index contributed by atoms with van der Waals surface area (Å²) in [5.74, 6) is 0. The zero-order valence-corrected chi connectivity index (χ0v) is 13.5. The minimum atomic E-state index is 0.273. The van der Waals surface area contributed by atoms with Crippen LogP contribution in [-0.2, 0) is 6.54 Å². The molecule has 2 aromatic carbocycles. The second-order valence-electron chi connectivity index (χ2n) is 7.77. The molecule has 0 saturated heterocycles. The number of hydrogen-bond donors (Lipinski definition) is 1. The Morgan fingerprint density at radius 1 is 0.850 bits per heavy atom. The van der Waals surface area contributed by atoms with Crippen molar-refractivity contribution in [2.75, 3.05) is 0 Å². The monoisotopic (exact) mass is 270 g/mol. The summed E-state index contributed by atoms with van der Waals surface area (Å²) >= 11 is 0. The fourth-order valence-electron chi connectivity index (χ4n) is 3.30. The molecule has 1 heteroatoms. The number of benzene rings is 2. The van der Waals surface area contributed by atoms with E-state index in [1.54, 1.807) is 0 Å². The van der Waals surface area contributed by atoms with Crippen molar-refractivity contribution in [1.29, 1.82) is 0 Å². The second kappa shape index (κ2) is 5.57. The molecule has 2 N–H and O–H groups in total. The van der Waals surface area contributed by atoms with Gasteiger partial charge in [-0.3, -0.25) is 0 Å². The largest absolute Gasteiger partial charge is 0.338 e. The minimum Gasteiger partial charge on any atom is -0.338 e. The normalized spacial score (nSPS) is 12.8. The second-order valence-corrected chi connectivity index (χ2v) is 7.77. The van der Waals surface area contributed by atoms with Crippen LogP contribution in [0.25, 0.3) is 10.8 Å². The third-order valence-electron chi connectivity index (χ3n) is 3.74. The van der Waals surface area contributed by atoms with Gasteiger partial charge in [-0.05, 0) is 30.0 Å². The van der Waals surface area contributed by atoms with Crippen LogP contribution in [0.2, 0.25) is 0 Å². The van der Waals surface area contributed by atoms with Crippen molar-refractivity contribution in [3.8, 4) is 0 Å². The predicted octanol–water partition coefficient (Wildman–Crippen LogP) is 4.12. The molecule has 0 aliphatic heterocycles. The van der Waals surface area contributed by atoms with Gasteiger partial charge in [0.2, 0.25) is 0 Å². The highest BCUT2D eigenvalue weighted by Crippen LogP contribution is 2.25. The molecule has 0 bridgehead atoms. The van der Waals surface area contributed by atoms with E-state index in [9.17, 15) is 0 Å². The maximum Gasteiger partial charge on any atom is 0.102 e. The molecule has 0 amide bonds. The lowest BCUT2D eigenvalue weighted by molar-refractivity contribution is -0.737. The molecular weight excluding hydrogens is 242 g/mol. The third-order valence-corrected chi connectivity index (χ3v) is 3.74. The molecule has 0 fully saturated rings. The Kier molecular flexibility index (Phi) is 4.19. The van der Waals surface area contributed by atoms with Crippen LogP contribution in [0.3, 0.4) is 0 Å². The first kappa shape index (κ1) is 15.1. The molecule has 1 nitrogen and oxygen atoms in total. The Morgan fingerprint density at radius 3 is 2.20 bits per heavy atom. The summed E-state index contributed by atoms with van der Waals surface area (Å²) < 4.78 is 0. The molecule has 0 aliphatic carbocycles. The van der Waals surface area contributed by atoms with Gasteiger partial charge < -0.3 is 5.32 Å². The Labute approximate surface area is 123 Å². The van der Waals surface area contributed by atoms with E-state index in [4.69, 9.17) is 0 Å². The van der Waals surface area contributed by atoms with Crippen molar-refractivity contribution in [3.63, 3.8) is 0 Å². The topological polar surface area (TPSA) is 16.6 Å². The van der Waals surface area contributed by atoms with E-state index in [2.05, 4.69) is 82.4 Å². The fraction of sp³-hybridized carbons (Fsp3) is 0.474. The Balaban J connectivity index is 2.13. The van der Waals surface area contributed by atoms with Crippen LogP contribution < -0.4 is 5.32 Å². The van der Waals surface area contributed by atoms with Gasteiger partial charge in [-0.25, -0.2) is 0 Å². The van der Waals surface area contributed by atoms with Gasteiger partial charge in [0.15, 0.2) is 0 Å². The van der Waals surface area contributed by atoms with Crippen molar-refractivity contribution in [3.05, 3.63) is 48.0 Å². The summed E-state index contributed by atoms with van der Waals surface area (Å²) in [6.45, 7) is 12.7. The lowest BCUT2D eigenvalue weighted by Gasteiger charge is -2.30. The van der Waals surface area contributed by atoms with Crippen molar-refractivity contribution >= 4 is 10.8 Å². The first-order chi connectivity index (χ1) is 9.27. The zero-order chi connectivity index (χ0) is 14.8. The molecule has 0 aromatic heterocycles. The van der Waals surface area contributed by atoms with E-state index in [1.807, 2.05) is 0 Å². The lowest BCUT2D eigenvalue weighted by Crippen LogP contribution is -2.94. The van der Waals surface area contributed by atoms with Gasteiger partial charge in [0.05, 0.1) is 5.54 Å².